The predicted molar refractivity (Wildman–Crippen MR) is 35.3 cm³/mol. The minimum absolute atomic E-state index is 0.0185. The number of rotatable bonds is 2. The van der Waals surface area contributed by atoms with Gasteiger partial charge in [0.25, 0.3) is 0 Å². The van der Waals surface area contributed by atoms with Crippen LogP contribution in [-0.2, 0) is 9.59 Å². The van der Waals surface area contributed by atoms with Gasteiger partial charge in [-0.3, -0.25) is 4.79 Å². The van der Waals surface area contributed by atoms with E-state index >= 15 is 0 Å². The number of halogens is 1. The maximum Gasteiger partial charge on any atom is 0.332 e. The zero-order valence-corrected chi connectivity index (χ0v) is 6.31. The molecule has 0 aromatic rings. The first-order valence-corrected chi connectivity index (χ1v) is 2.93. The van der Waals surface area contributed by atoms with Crippen LogP contribution in [0.5, 0.6) is 0 Å². The Morgan fingerprint density at radius 1 is 1.67 bits per heavy atom. The second-order valence-corrected chi connectivity index (χ2v) is 2.25. The highest BCUT2D eigenvalue weighted by Gasteiger charge is 2.03. The molecule has 3 nitrogen and oxygen atoms in total. The van der Waals surface area contributed by atoms with E-state index in [9.17, 15) is 9.59 Å². The number of hydrogen-bond acceptors (Lipinski definition) is 2. The number of carboxylic acid groups (broad SMARTS) is 1. The molecule has 0 amide bonds. The largest absolute Gasteiger partial charge is 0.478 e. The molecule has 0 bridgehead atoms. The van der Waals surface area contributed by atoms with Gasteiger partial charge < -0.3 is 5.11 Å². The minimum atomic E-state index is -1.09. The van der Waals surface area contributed by atoms with Crippen molar-refractivity contribution in [2.45, 2.75) is 6.92 Å². The first kappa shape index (κ1) is 8.36. The van der Waals surface area contributed by atoms with Gasteiger partial charge in [0.2, 0.25) is 0 Å². The molecule has 0 radical (unpaired) electrons. The van der Waals surface area contributed by atoms with Crippen LogP contribution in [0.1, 0.15) is 6.92 Å². The van der Waals surface area contributed by atoms with E-state index in [0.29, 0.717) is 6.29 Å². The second-order valence-electron chi connectivity index (χ2n) is 1.40. The molecule has 0 spiro atoms. The third-order valence-electron chi connectivity index (χ3n) is 0.783. The lowest BCUT2D eigenvalue weighted by Crippen LogP contribution is -1.98. The molecule has 0 aromatic heterocycles. The first-order valence-electron chi connectivity index (χ1n) is 2.14. The molecule has 0 saturated heterocycles. The smallest absolute Gasteiger partial charge is 0.332 e. The molecule has 0 aliphatic rings. The van der Waals surface area contributed by atoms with Gasteiger partial charge in [-0.15, -0.1) is 0 Å². The average Bonchev–Trinajstić information content (AvgIpc) is 1.84. The van der Waals surface area contributed by atoms with Crippen molar-refractivity contribution in [3.05, 3.63) is 10.1 Å². The van der Waals surface area contributed by atoms with Gasteiger partial charge in [0.1, 0.15) is 0 Å². The lowest BCUT2D eigenvalue weighted by atomic mass is 10.3. The lowest BCUT2D eigenvalue weighted by Gasteiger charge is -1.89. The monoisotopic (exact) mass is 192 g/mol. The number of allylic oxidation sites excluding steroid dienone is 1. The van der Waals surface area contributed by atoms with Gasteiger partial charge in [-0.2, -0.15) is 0 Å². The van der Waals surface area contributed by atoms with E-state index in [1.54, 1.807) is 0 Å². The molecule has 4 heteroatoms. The van der Waals surface area contributed by atoms with Gasteiger partial charge in [0.15, 0.2) is 6.29 Å². The average molecular weight is 193 g/mol. The molecule has 0 heterocycles. The second kappa shape index (κ2) is 3.40. The van der Waals surface area contributed by atoms with Crippen molar-refractivity contribution in [3.8, 4) is 0 Å². The molecule has 1 N–H and O–H groups in total. The maximum absolute atomic E-state index is 10.1. The van der Waals surface area contributed by atoms with Gasteiger partial charge in [-0.05, 0) is 22.9 Å². The Labute approximate surface area is 60.5 Å². The van der Waals surface area contributed by atoms with Crippen LogP contribution in [-0.4, -0.2) is 17.4 Å². The van der Waals surface area contributed by atoms with E-state index in [0.717, 1.165) is 0 Å². The summed E-state index contributed by atoms with van der Waals surface area (Å²) >= 11 is 2.77. The molecular formula is C5H5BrO3. The fourth-order valence-electron chi connectivity index (χ4n) is 0.191. The molecule has 50 valence electrons. The number of hydrogen-bond donors (Lipinski definition) is 1. The summed E-state index contributed by atoms with van der Waals surface area (Å²) in [6, 6.07) is 0. The van der Waals surface area contributed by atoms with E-state index in [4.69, 9.17) is 5.11 Å². The van der Waals surface area contributed by atoms with E-state index in [1.807, 2.05) is 0 Å². The Kier molecular flexibility index (Phi) is 3.16. The number of carbonyl (C=O) groups excluding carboxylic acids is 1. The Morgan fingerprint density at radius 2 is 2.11 bits per heavy atom. The molecule has 0 saturated carbocycles. The van der Waals surface area contributed by atoms with Crippen LogP contribution < -0.4 is 0 Å². The summed E-state index contributed by atoms with van der Waals surface area (Å²) in [5.41, 5.74) is 0.0185. The fraction of sp³-hybridized carbons (Fsp3) is 0.200. The maximum atomic E-state index is 10.1. The zero-order valence-electron chi connectivity index (χ0n) is 4.72. The molecule has 0 atom stereocenters. The van der Waals surface area contributed by atoms with Crippen molar-refractivity contribution in [1.29, 1.82) is 0 Å². The van der Waals surface area contributed by atoms with Crippen molar-refractivity contribution in [3.63, 3.8) is 0 Å². The summed E-state index contributed by atoms with van der Waals surface area (Å²) in [6.07, 6.45) is 0.448. The molecule has 9 heavy (non-hydrogen) atoms. The summed E-state index contributed by atoms with van der Waals surface area (Å²) < 4.78 is 0.0787. The van der Waals surface area contributed by atoms with Gasteiger partial charge >= 0.3 is 5.97 Å². The Hall–Kier alpha value is -0.640. The van der Waals surface area contributed by atoms with Gasteiger partial charge in [0, 0.05) is 0 Å². The van der Waals surface area contributed by atoms with Crippen LogP contribution in [0.2, 0.25) is 0 Å². The molecule has 0 aliphatic heterocycles. The third kappa shape index (κ3) is 2.41. The van der Waals surface area contributed by atoms with Crippen molar-refractivity contribution in [2.75, 3.05) is 0 Å². The highest BCUT2D eigenvalue weighted by atomic mass is 79.9. The number of aliphatic carboxylic acids is 1. The van der Waals surface area contributed by atoms with E-state index < -0.39 is 5.97 Å². The van der Waals surface area contributed by atoms with E-state index in [-0.39, 0.29) is 10.1 Å². The highest BCUT2D eigenvalue weighted by Crippen LogP contribution is 2.07. The summed E-state index contributed by atoms with van der Waals surface area (Å²) in [4.78, 5) is 19.9. The Morgan fingerprint density at radius 3 is 2.22 bits per heavy atom. The number of carboxylic acids is 1. The van der Waals surface area contributed by atoms with Gasteiger partial charge in [-0.1, -0.05) is 0 Å². The van der Waals surface area contributed by atoms with Crippen LogP contribution >= 0.6 is 15.9 Å². The minimum Gasteiger partial charge on any atom is -0.478 e. The van der Waals surface area contributed by atoms with Gasteiger partial charge in [0.05, 0.1) is 10.1 Å². The van der Waals surface area contributed by atoms with Crippen molar-refractivity contribution in [1.82, 2.24) is 0 Å². The van der Waals surface area contributed by atoms with Crippen molar-refractivity contribution < 1.29 is 14.7 Å². The zero-order chi connectivity index (χ0) is 7.44. The van der Waals surface area contributed by atoms with Crippen LogP contribution in [0.25, 0.3) is 0 Å². The predicted octanol–water partition coefficient (Wildman–Crippen LogP) is 0.939. The van der Waals surface area contributed by atoms with Gasteiger partial charge in [-0.25, -0.2) is 4.79 Å². The molecule has 0 rings (SSSR count). The molecule has 0 unspecified atom stereocenters. The molecule has 0 aliphatic carbocycles. The third-order valence-corrected chi connectivity index (χ3v) is 1.56. The first-order chi connectivity index (χ1) is 4.09. The summed E-state index contributed by atoms with van der Waals surface area (Å²) in [6.45, 7) is 1.35. The Balaban J connectivity index is 4.47. The molecule has 0 fully saturated rings. The summed E-state index contributed by atoms with van der Waals surface area (Å²) in [7, 11) is 0. The van der Waals surface area contributed by atoms with E-state index in [2.05, 4.69) is 15.9 Å². The van der Waals surface area contributed by atoms with E-state index in [1.165, 1.54) is 6.92 Å². The highest BCUT2D eigenvalue weighted by molar-refractivity contribution is 9.12. The number of aldehydes is 1. The quantitative estimate of drug-likeness (QED) is 0.524. The lowest BCUT2D eigenvalue weighted by molar-refractivity contribution is -0.132. The Bertz CT molecular complexity index is 171. The van der Waals surface area contributed by atoms with Crippen LogP contribution in [0.4, 0.5) is 0 Å². The van der Waals surface area contributed by atoms with Crippen molar-refractivity contribution in [2.24, 2.45) is 0 Å². The summed E-state index contributed by atoms with van der Waals surface area (Å²) in [5.74, 6) is -1.09. The molecule has 0 aromatic carbocycles. The SMILES string of the molecule is C/C(C(=O)O)=C(\Br)C=O. The molecular weight excluding hydrogens is 188 g/mol. The van der Waals surface area contributed by atoms with Crippen LogP contribution in [0, 0.1) is 0 Å². The standard InChI is InChI=1S/C5H5BrO3/c1-3(5(8)9)4(6)2-7/h2H,1H3,(H,8,9)/b4-3+. The topological polar surface area (TPSA) is 54.4 Å². The van der Waals surface area contributed by atoms with Crippen LogP contribution in [0.3, 0.4) is 0 Å². The normalized spacial score (nSPS) is 12.2. The summed E-state index contributed by atoms with van der Waals surface area (Å²) in [5, 5.41) is 8.24. The number of carbonyl (C=O) groups is 2. The van der Waals surface area contributed by atoms with Crippen molar-refractivity contribution >= 4 is 28.2 Å². The fourth-order valence-corrected chi connectivity index (χ4v) is 0.360. The van der Waals surface area contributed by atoms with Crippen LogP contribution in [0.15, 0.2) is 10.1 Å².